The summed E-state index contributed by atoms with van der Waals surface area (Å²) in [6.07, 6.45) is 1.29. The van der Waals surface area contributed by atoms with Crippen molar-refractivity contribution < 1.29 is 14.3 Å². The van der Waals surface area contributed by atoms with Crippen LogP contribution in [0.3, 0.4) is 0 Å². The van der Waals surface area contributed by atoms with Crippen LogP contribution in [0.2, 0.25) is 10.0 Å². The molecule has 0 atom stereocenters. The smallest absolute Gasteiger partial charge is 0.196 e. The van der Waals surface area contributed by atoms with E-state index in [-0.39, 0.29) is 5.78 Å². The maximum absolute atomic E-state index is 11.2. The third kappa shape index (κ3) is 5.09. The molecule has 0 spiro atoms. The fraction of sp³-hybridized carbons (Fsp3) is 0.286. The number of Topliss-reactive ketones (excluding diaryl/α,β-unsaturated/α-hetero) is 1. The lowest BCUT2D eigenvalue weighted by Crippen LogP contribution is -2.02. The molecule has 1 heterocycles. The predicted octanol–water partition coefficient (Wildman–Crippen LogP) is 5.72. The van der Waals surface area contributed by atoms with Gasteiger partial charge in [-0.05, 0) is 49.7 Å². The van der Waals surface area contributed by atoms with Crippen molar-refractivity contribution in [3.05, 3.63) is 46.4 Å². The van der Waals surface area contributed by atoms with E-state index >= 15 is 0 Å². The highest BCUT2D eigenvalue weighted by Gasteiger charge is 2.20. The van der Waals surface area contributed by atoms with E-state index in [4.69, 9.17) is 32.7 Å². The van der Waals surface area contributed by atoms with E-state index < -0.39 is 0 Å². The Kier molecular flexibility index (Phi) is 7.64. The fourth-order valence-electron chi connectivity index (χ4n) is 2.90. The molecule has 9 heteroatoms. The summed E-state index contributed by atoms with van der Waals surface area (Å²) in [5.41, 5.74) is 1.48. The summed E-state index contributed by atoms with van der Waals surface area (Å²) in [5.74, 6) is 2.67. The Balaban J connectivity index is 2.08. The van der Waals surface area contributed by atoms with Crippen molar-refractivity contribution in [3.8, 4) is 28.6 Å². The molecule has 0 radical (unpaired) electrons. The highest BCUT2D eigenvalue weighted by atomic mass is 35.5. The standard InChI is InChI=1S/C21H21Cl2N3O3S/c1-13(27)5-4-10-30-21-25-24-20(16-11-14(22)6-8-18(16)28-2)26(21)15-7-9-19(29-3)17(23)12-15/h6-9,11-12H,4-5,10H2,1-3H3. The zero-order valence-electron chi connectivity index (χ0n) is 16.8. The zero-order chi connectivity index (χ0) is 21.7. The van der Waals surface area contributed by atoms with Crippen LogP contribution in [0.15, 0.2) is 41.6 Å². The number of thioether (sulfide) groups is 1. The van der Waals surface area contributed by atoms with E-state index in [0.717, 1.165) is 17.9 Å². The van der Waals surface area contributed by atoms with Gasteiger partial charge in [0.2, 0.25) is 0 Å². The van der Waals surface area contributed by atoms with Gasteiger partial charge in [-0.1, -0.05) is 35.0 Å². The molecule has 0 N–H and O–H groups in total. The lowest BCUT2D eigenvalue weighted by atomic mass is 10.2. The highest BCUT2D eigenvalue weighted by molar-refractivity contribution is 7.99. The third-order valence-electron chi connectivity index (χ3n) is 4.33. The number of nitrogens with zero attached hydrogens (tertiary/aromatic N) is 3. The van der Waals surface area contributed by atoms with Crippen molar-refractivity contribution in [1.29, 1.82) is 0 Å². The number of hydrogen-bond donors (Lipinski definition) is 0. The Morgan fingerprint density at radius 2 is 1.80 bits per heavy atom. The second-order valence-corrected chi connectivity index (χ2v) is 8.36. The Morgan fingerprint density at radius 3 is 2.47 bits per heavy atom. The quantitative estimate of drug-likeness (QED) is 0.297. The van der Waals surface area contributed by atoms with Gasteiger partial charge in [0.25, 0.3) is 0 Å². The number of carbonyl (C=O) groups is 1. The van der Waals surface area contributed by atoms with Gasteiger partial charge in [0.15, 0.2) is 11.0 Å². The summed E-state index contributed by atoms with van der Waals surface area (Å²) in [6, 6.07) is 10.8. The number of ether oxygens (including phenoxy) is 2. The van der Waals surface area contributed by atoms with Crippen LogP contribution in [0.1, 0.15) is 19.8 Å². The molecule has 0 unspecified atom stereocenters. The van der Waals surface area contributed by atoms with Crippen LogP contribution < -0.4 is 9.47 Å². The number of halogens is 2. The molecule has 0 aliphatic heterocycles. The molecule has 3 rings (SSSR count). The normalized spacial score (nSPS) is 10.8. The first-order chi connectivity index (χ1) is 14.4. The van der Waals surface area contributed by atoms with Crippen LogP contribution in [0, 0.1) is 0 Å². The molecule has 3 aromatic rings. The largest absolute Gasteiger partial charge is 0.496 e. The van der Waals surface area contributed by atoms with Gasteiger partial charge in [0.1, 0.15) is 17.3 Å². The number of ketones is 1. The van der Waals surface area contributed by atoms with Crippen molar-refractivity contribution in [2.75, 3.05) is 20.0 Å². The maximum atomic E-state index is 11.2. The average molecular weight is 466 g/mol. The number of carbonyl (C=O) groups excluding carboxylic acids is 1. The molecule has 6 nitrogen and oxygen atoms in total. The van der Waals surface area contributed by atoms with Gasteiger partial charge in [-0.15, -0.1) is 10.2 Å². The van der Waals surface area contributed by atoms with Gasteiger partial charge in [0.05, 0.1) is 30.5 Å². The number of aromatic nitrogens is 3. The highest BCUT2D eigenvalue weighted by Crippen LogP contribution is 2.36. The molecule has 0 saturated carbocycles. The van der Waals surface area contributed by atoms with E-state index in [1.807, 2.05) is 10.6 Å². The average Bonchev–Trinajstić information content (AvgIpc) is 3.14. The molecular weight excluding hydrogens is 445 g/mol. The Bertz CT molecular complexity index is 1060. The lowest BCUT2D eigenvalue weighted by Gasteiger charge is -2.14. The van der Waals surface area contributed by atoms with E-state index in [0.29, 0.717) is 44.5 Å². The number of rotatable bonds is 9. The number of benzene rings is 2. The molecule has 0 fully saturated rings. The van der Waals surface area contributed by atoms with E-state index in [2.05, 4.69) is 10.2 Å². The first-order valence-electron chi connectivity index (χ1n) is 9.20. The second-order valence-electron chi connectivity index (χ2n) is 6.46. The molecule has 1 aromatic heterocycles. The van der Waals surface area contributed by atoms with Crippen molar-refractivity contribution in [1.82, 2.24) is 14.8 Å². The summed E-state index contributed by atoms with van der Waals surface area (Å²) < 4.78 is 12.7. The van der Waals surface area contributed by atoms with Gasteiger partial charge < -0.3 is 14.3 Å². The summed E-state index contributed by atoms with van der Waals surface area (Å²) in [7, 11) is 3.16. The molecule has 0 amide bonds. The molecule has 0 saturated heterocycles. The van der Waals surface area contributed by atoms with E-state index in [9.17, 15) is 4.79 Å². The van der Waals surface area contributed by atoms with Crippen LogP contribution in [0.4, 0.5) is 0 Å². The Morgan fingerprint density at radius 1 is 1.07 bits per heavy atom. The molecule has 0 aliphatic carbocycles. The maximum Gasteiger partial charge on any atom is 0.196 e. The van der Waals surface area contributed by atoms with Crippen LogP contribution in [-0.2, 0) is 4.79 Å². The molecule has 30 heavy (non-hydrogen) atoms. The van der Waals surface area contributed by atoms with Crippen molar-refractivity contribution in [2.24, 2.45) is 0 Å². The zero-order valence-corrected chi connectivity index (χ0v) is 19.1. The summed E-state index contributed by atoms with van der Waals surface area (Å²) >= 11 is 14.1. The minimum Gasteiger partial charge on any atom is -0.496 e. The van der Waals surface area contributed by atoms with Crippen LogP contribution >= 0.6 is 35.0 Å². The first-order valence-corrected chi connectivity index (χ1v) is 10.9. The molecule has 158 valence electrons. The Labute approximate surface area is 189 Å². The molecule has 2 aromatic carbocycles. The van der Waals surface area contributed by atoms with Crippen molar-refractivity contribution >= 4 is 40.7 Å². The minimum atomic E-state index is 0.170. The topological polar surface area (TPSA) is 66.2 Å². The Hall–Kier alpha value is -2.22. The monoisotopic (exact) mass is 465 g/mol. The minimum absolute atomic E-state index is 0.170. The van der Waals surface area contributed by atoms with Gasteiger partial charge in [-0.25, -0.2) is 0 Å². The predicted molar refractivity (Wildman–Crippen MR) is 121 cm³/mol. The molecule has 0 bridgehead atoms. The van der Waals surface area contributed by atoms with Gasteiger partial charge >= 0.3 is 0 Å². The van der Waals surface area contributed by atoms with Gasteiger partial charge in [0, 0.05) is 17.2 Å². The van der Waals surface area contributed by atoms with E-state index in [1.54, 1.807) is 51.5 Å². The number of hydrogen-bond acceptors (Lipinski definition) is 6. The molecule has 0 aliphatic rings. The SMILES string of the molecule is COc1ccc(-n2c(SCCCC(C)=O)nnc2-c2cc(Cl)ccc2OC)cc1Cl. The van der Waals surface area contributed by atoms with Crippen molar-refractivity contribution in [3.63, 3.8) is 0 Å². The molecular formula is C21H21Cl2N3O3S. The summed E-state index contributed by atoms with van der Waals surface area (Å²) in [4.78, 5) is 11.2. The first kappa shape index (κ1) is 22.5. The van der Waals surface area contributed by atoms with Crippen LogP contribution in [0.25, 0.3) is 17.1 Å². The number of methoxy groups -OCH3 is 2. The van der Waals surface area contributed by atoms with Gasteiger partial charge in [-0.3, -0.25) is 4.57 Å². The second kappa shape index (κ2) is 10.2. The van der Waals surface area contributed by atoms with Crippen LogP contribution in [-0.4, -0.2) is 40.5 Å². The fourth-order valence-corrected chi connectivity index (χ4v) is 4.22. The van der Waals surface area contributed by atoms with Crippen molar-refractivity contribution in [2.45, 2.75) is 24.9 Å². The summed E-state index contributed by atoms with van der Waals surface area (Å²) in [6.45, 7) is 1.59. The third-order valence-corrected chi connectivity index (χ3v) is 5.88. The van der Waals surface area contributed by atoms with Crippen LogP contribution in [0.5, 0.6) is 11.5 Å². The van der Waals surface area contributed by atoms with Gasteiger partial charge in [-0.2, -0.15) is 0 Å². The lowest BCUT2D eigenvalue weighted by molar-refractivity contribution is -0.117. The van der Waals surface area contributed by atoms with E-state index in [1.165, 1.54) is 11.8 Å². The summed E-state index contributed by atoms with van der Waals surface area (Å²) in [5, 5.41) is 10.5.